The van der Waals surface area contributed by atoms with E-state index in [1.807, 2.05) is 0 Å². The Morgan fingerprint density at radius 2 is 0.136 bits per heavy atom. The van der Waals surface area contributed by atoms with E-state index < -0.39 is 0 Å². The predicted molar refractivity (Wildman–Crippen MR) is 23.0 cm³/mol. The van der Waals surface area contributed by atoms with Crippen molar-refractivity contribution >= 4 is 43.9 Å². The molecule has 0 atom stereocenters. The second-order valence-corrected chi connectivity index (χ2v) is 0. The Labute approximate surface area is 153 Å². The molecule has 22 heavy (non-hydrogen) atoms. The zero-order chi connectivity index (χ0) is 0. The van der Waals surface area contributed by atoms with Crippen molar-refractivity contribution in [1.82, 2.24) is 0 Å². The minimum atomic E-state index is 0. The first-order valence-corrected chi connectivity index (χ1v) is 0. The summed E-state index contributed by atoms with van der Waals surface area (Å²) in [6.07, 6.45) is 0. The van der Waals surface area contributed by atoms with Gasteiger partial charge in [0.1, 0.15) is 0 Å². The molecule has 0 unspecified atom stereocenters. The van der Waals surface area contributed by atoms with Crippen molar-refractivity contribution in [3.05, 3.63) is 0 Å². The van der Waals surface area contributed by atoms with Gasteiger partial charge in [-0.2, -0.15) is 0 Å². The zero-order valence-corrected chi connectivity index (χ0v) is 15.4. The van der Waals surface area contributed by atoms with E-state index in [0.29, 0.717) is 0 Å². The smallest absolute Gasteiger partial charge is 1.00 e. The molecule has 0 heterocycles. The molecule has 0 bridgehead atoms. The second-order valence-electron chi connectivity index (χ2n) is 0. The molecule has 22 heteroatoms. The monoisotopic (exact) mass is 458 g/mol. The Kier molecular flexibility index (Phi) is 21300000. The van der Waals surface area contributed by atoms with Crippen LogP contribution in [0.3, 0.4) is 0 Å². The van der Waals surface area contributed by atoms with Crippen molar-refractivity contribution in [2.75, 3.05) is 0 Å². The molecule has 0 aliphatic rings. The van der Waals surface area contributed by atoms with Crippen molar-refractivity contribution in [3.63, 3.8) is 0 Å². The summed E-state index contributed by atoms with van der Waals surface area (Å²) in [6, 6.07) is 0. The van der Waals surface area contributed by atoms with Gasteiger partial charge in [0.05, 0.1) is 0 Å². The second kappa shape index (κ2) is 20200. The first kappa shape index (κ1) is 23200. The number of hydrogen-bond acceptors (Lipinski definition) is 0. The minimum Gasteiger partial charge on any atom is -1.00 e. The molecule has 0 aromatic rings. The van der Waals surface area contributed by atoms with E-state index >= 15 is 0 Å². The fourth-order valence-corrected chi connectivity index (χ4v) is 0. The van der Waals surface area contributed by atoms with Gasteiger partial charge in [0, 0.05) is 0 Å². The third-order valence-electron chi connectivity index (χ3n) is 0. The van der Waals surface area contributed by atoms with Crippen LogP contribution in [-0.4, -0.2) is 43.9 Å². The molecule has 0 N–H and O–H groups in total. The standard InChI is InChI=1S/17FH.Na.4Si/h17*1H;;;;;/q;;;;;;;;;;;;;;;;;+1;4*+4/p-17. The van der Waals surface area contributed by atoms with E-state index in [2.05, 4.69) is 0 Å². The summed E-state index contributed by atoms with van der Waals surface area (Å²) in [4.78, 5) is 0. The molecule has 0 amide bonds. The molecule has 0 radical (unpaired) electrons. The van der Waals surface area contributed by atoms with E-state index in [1.54, 1.807) is 0 Å². The van der Waals surface area contributed by atoms with Crippen LogP contribution in [0.4, 0.5) is 0 Å². The summed E-state index contributed by atoms with van der Waals surface area (Å²) in [5.74, 6) is 0. The third-order valence-corrected chi connectivity index (χ3v) is 0. The van der Waals surface area contributed by atoms with Crippen LogP contribution in [0.1, 0.15) is 0 Å². The van der Waals surface area contributed by atoms with Crippen LogP contribution in [0.15, 0.2) is 0 Å². The molecule has 0 saturated carbocycles. The van der Waals surface area contributed by atoms with Crippen LogP contribution in [0.2, 0.25) is 0 Å². The maximum absolute atomic E-state index is 0. The summed E-state index contributed by atoms with van der Waals surface area (Å²) in [5, 5.41) is 0. The number of halogens is 17. The number of rotatable bonds is 0. The first-order chi connectivity index (χ1) is 0. The fraction of sp³-hybridized carbons (Fsp3) is 0. The van der Waals surface area contributed by atoms with E-state index in [0.717, 1.165) is 0 Å². The predicted octanol–water partition coefficient (Wildman–Crippen LogP) is -55.5. The van der Waals surface area contributed by atoms with E-state index in [4.69, 9.17) is 0 Å². The van der Waals surface area contributed by atoms with Gasteiger partial charge in [-0.05, 0) is 0 Å². The Balaban J connectivity index is 0. The molecule has 0 rings (SSSR count). The van der Waals surface area contributed by atoms with Gasteiger partial charge in [-0.3, -0.25) is 0 Å². The van der Waals surface area contributed by atoms with Crippen LogP contribution in [0, 0.1) is 0 Å². The van der Waals surface area contributed by atoms with Gasteiger partial charge in [-0.25, -0.2) is 0 Å². The van der Waals surface area contributed by atoms with Crippen molar-refractivity contribution in [2.24, 2.45) is 0 Å². The Morgan fingerprint density at radius 1 is 0.136 bits per heavy atom. The van der Waals surface area contributed by atoms with Gasteiger partial charge in [0.2, 0.25) is 0 Å². The number of hydrogen-bond donors (Lipinski definition) is 0. The molecule has 0 saturated heterocycles. The van der Waals surface area contributed by atoms with Gasteiger partial charge >= 0.3 is 73.4 Å². The van der Waals surface area contributed by atoms with Gasteiger partial charge < -0.3 is 80.0 Å². The summed E-state index contributed by atoms with van der Waals surface area (Å²) in [6.45, 7) is 0. The molecule has 0 aromatic carbocycles. The molecule has 0 fully saturated rings. The third kappa shape index (κ3) is 17400. The molecule has 0 aliphatic carbocycles. The topological polar surface area (TPSA) is 0 Å². The van der Waals surface area contributed by atoms with E-state index in [-0.39, 0.29) is 153 Å². The Hall–Kier alpha value is 0.678. The van der Waals surface area contributed by atoms with Crippen molar-refractivity contribution in [2.45, 2.75) is 0 Å². The maximum atomic E-state index is 0. The molecular formula is F17NaSi4. The quantitative estimate of drug-likeness (QED) is 0.250. The van der Waals surface area contributed by atoms with Crippen LogP contribution < -0.4 is 110 Å². The summed E-state index contributed by atoms with van der Waals surface area (Å²) < 4.78 is 0. The van der Waals surface area contributed by atoms with E-state index in [9.17, 15) is 0 Å². The average Bonchev–Trinajstić information content (AvgIpc) is 0. The molecule has 0 spiro atoms. The van der Waals surface area contributed by atoms with Gasteiger partial charge in [0.25, 0.3) is 0 Å². The van der Waals surface area contributed by atoms with Gasteiger partial charge in [0.15, 0.2) is 0 Å². The fourth-order valence-electron chi connectivity index (χ4n) is 0. The largest absolute Gasteiger partial charge is 4.00 e. The SMILES string of the molecule is [F-].[F-].[F-].[F-].[F-].[F-].[F-].[F-].[F-].[F-].[F-].[F-].[F-].[F-].[F-].[F-].[F-].[Na+].[Si+4].[Si+4].[Si+4].[Si+4]. The van der Waals surface area contributed by atoms with Crippen LogP contribution >= 0.6 is 0 Å². The van der Waals surface area contributed by atoms with E-state index in [1.165, 1.54) is 0 Å². The normalized spacial score (nSPS) is 0. The van der Waals surface area contributed by atoms with Gasteiger partial charge in [-0.15, -0.1) is 0 Å². The molecule has 136 valence electrons. The molecule has 0 nitrogen and oxygen atoms in total. The summed E-state index contributed by atoms with van der Waals surface area (Å²) >= 11 is 0. The Morgan fingerprint density at radius 3 is 0.136 bits per heavy atom. The van der Waals surface area contributed by atoms with Crippen molar-refractivity contribution in [1.29, 1.82) is 0 Å². The minimum absolute atomic E-state index is 0. The first-order valence-electron chi connectivity index (χ1n) is 0. The maximum Gasteiger partial charge on any atom is 4.00 e. The molecule has 0 aliphatic heterocycles. The molecule has 0 aromatic heterocycles. The van der Waals surface area contributed by atoms with Gasteiger partial charge in [-0.1, -0.05) is 0 Å². The summed E-state index contributed by atoms with van der Waals surface area (Å²) in [5.41, 5.74) is 0. The van der Waals surface area contributed by atoms with Crippen LogP contribution in [0.5, 0.6) is 0 Å². The molecular weight excluding hydrogens is 458 g/mol. The van der Waals surface area contributed by atoms with Crippen molar-refractivity contribution < 1.29 is 110 Å². The summed E-state index contributed by atoms with van der Waals surface area (Å²) in [7, 11) is 0. The average molecular weight is 458 g/mol. The van der Waals surface area contributed by atoms with Crippen LogP contribution in [0.25, 0.3) is 0 Å². The van der Waals surface area contributed by atoms with Crippen molar-refractivity contribution in [3.8, 4) is 0 Å². The Bertz CT molecular complexity index is 20.6. The van der Waals surface area contributed by atoms with Crippen LogP contribution in [-0.2, 0) is 0 Å². The zero-order valence-electron chi connectivity index (χ0n) is 9.43.